The van der Waals surface area contributed by atoms with E-state index in [1.54, 1.807) is 24.1 Å². The minimum atomic E-state index is -0.112. The zero-order chi connectivity index (χ0) is 11.4. The molecule has 0 aliphatic heterocycles. The number of hydrogen-bond acceptors (Lipinski definition) is 2. The maximum absolute atomic E-state index is 11.3. The molecule has 0 atom stereocenters. The van der Waals surface area contributed by atoms with Gasteiger partial charge in [0.15, 0.2) is 0 Å². The van der Waals surface area contributed by atoms with Crippen LogP contribution in [-0.4, -0.2) is 22.7 Å². The molecular formula is C12H13N3O. The van der Waals surface area contributed by atoms with Crippen molar-refractivity contribution in [1.82, 2.24) is 15.1 Å². The van der Waals surface area contributed by atoms with Crippen LogP contribution in [0, 0.1) is 0 Å². The van der Waals surface area contributed by atoms with Gasteiger partial charge in [-0.05, 0) is 5.56 Å². The first-order valence-corrected chi connectivity index (χ1v) is 5.08. The Morgan fingerprint density at radius 2 is 2.12 bits per heavy atom. The Hall–Kier alpha value is -2.10. The van der Waals surface area contributed by atoms with E-state index < -0.39 is 0 Å². The van der Waals surface area contributed by atoms with E-state index in [1.165, 1.54) is 0 Å². The molecule has 0 fully saturated rings. The van der Waals surface area contributed by atoms with Crippen LogP contribution in [0.2, 0.25) is 0 Å². The van der Waals surface area contributed by atoms with Crippen molar-refractivity contribution in [3.8, 4) is 0 Å². The van der Waals surface area contributed by atoms with Gasteiger partial charge in [-0.1, -0.05) is 30.3 Å². The van der Waals surface area contributed by atoms with Gasteiger partial charge in [0.1, 0.15) is 0 Å². The molecule has 1 amide bonds. The molecule has 2 rings (SSSR count). The van der Waals surface area contributed by atoms with E-state index in [9.17, 15) is 4.79 Å². The predicted octanol–water partition coefficient (Wildman–Crippen LogP) is 1.29. The number of hydrogen-bond donors (Lipinski definition) is 1. The van der Waals surface area contributed by atoms with Crippen LogP contribution in [-0.2, 0) is 6.54 Å². The van der Waals surface area contributed by atoms with Gasteiger partial charge in [-0.3, -0.25) is 9.48 Å². The molecule has 1 heterocycles. The molecule has 0 spiro atoms. The summed E-state index contributed by atoms with van der Waals surface area (Å²) in [6.07, 6.45) is 3.31. The molecule has 1 aromatic heterocycles. The molecular weight excluding hydrogens is 202 g/mol. The lowest BCUT2D eigenvalue weighted by Crippen LogP contribution is -2.16. The highest BCUT2D eigenvalue weighted by Crippen LogP contribution is 2.03. The minimum Gasteiger partial charge on any atom is -0.355 e. The van der Waals surface area contributed by atoms with E-state index in [0.29, 0.717) is 12.1 Å². The summed E-state index contributed by atoms with van der Waals surface area (Å²) in [6, 6.07) is 10.0. The molecule has 1 aromatic carbocycles. The van der Waals surface area contributed by atoms with E-state index >= 15 is 0 Å². The van der Waals surface area contributed by atoms with Gasteiger partial charge in [-0.25, -0.2) is 0 Å². The molecule has 4 heteroatoms. The minimum absolute atomic E-state index is 0.112. The van der Waals surface area contributed by atoms with Crippen LogP contribution in [0.25, 0.3) is 0 Å². The monoisotopic (exact) mass is 215 g/mol. The first-order valence-electron chi connectivity index (χ1n) is 5.08. The third kappa shape index (κ3) is 2.28. The second kappa shape index (κ2) is 4.61. The van der Waals surface area contributed by atoms with Crippen molar-refractivity contribution in [2.24, 2.45) is 0 Å². The molecule has 2 aromatic rings. The van der Waals surface area contributed by atoms with Crippen LogP contribution in [0.1, 0.15) is 15.9 Å². The van der Waals surface area contributed by atoms with Gasteiger partial charge >= 0.3 is 0 Å². The number of carbonyl (C=O) groups is 1. The highest BCUT2D eigenvalue weighted by atomic mass is 16.1. The van der Waals surface area contributed by atoms with Crippen molar-refractivity contribution in [2.75, 3.05) is 7.05 Å². The van der Waals surface area contributed by atoms with Crippen molar-refractivity contribution >= 4 is 5.91 Å². The molecule has 0 aliphatic rings. The lowest BCUT2D eigenvalue weighted by molar-refractivity contribution is 0.0963. The Morgan fingerprint density at radius 1 is 1.38 bits per heavy atom. The molecule has 0 saturated heterocycles. The average Bonchev–Trinajstić information content (AvgIpc) is 2.78. The summed E-state index contributed by atoms with van der Waals surface area (Å²) in [5.74, 6) is -0.112. The first-order chi connectivity index (χ1) is 7.79. The fourth-order valence-corrected chi connectivity index (χ4v) is 1.48. The second-order valence-electron chi connectivity index (χ2n) is 3.49. The normalized spacial score (nSPS) is 10.1. The SMILES string of the molecule is CNC(=O)c1cnn(Cc2ccccc2)c1. The lowest BCUT2D eigenvalue weighted by atomic mass is 10.2. The molecule has 82 valence electrons. The van der Waals surface area contributed by atoms with Gasteiger partial charge in [0.25, 0.3) is 5.91 Å². The number of rotatable bonds is 3. The first kappa shape index (κ1) is 10.4. The van der Waals surface area contributed by atoms with Crippen molar-refractivity contribution < 1.29 is 4.79 Å². The maximum Gasteiger partial charge on any atom is 0.254 e. The number of aromatic nitrogens is 2. The van der Waals surface area contributed by atoms with Crippen molar-refractivity contribution in [3.05, 3.63) is 53.9 Å². The van der Waals surface area contributed by atoms with Gasteiger partial charge in [0.2, 0.25) is 0 Å². The number of nitrogens with one attached hydrogen (secondary N) is 1. The van der Waals surface area contributed by atoms with Gasteiger partial charge in [0, 0.05) is 13.2 Å². The smallest absolute Gasteiger partial charge is 0.254 e. The van der Waals surface area contributed by atoms with E-state index in [0.717, 1.165) is 5.56 Å². The fraction of sp³-hybridized carbons (Fsp3) is 0.167. The third-order valence-corrected chi connectivity index (χ3v) is 2.31. The molecule has 0 bridgehead atoms. The Balaban J connectivity index is 2.12. The van der Waals surface area contributed by atoms with Crippen molar-refractivity contribution in [1.29, 1.82) is 0 Å². The van der Waals surface area contributed by atoms with Crippen LogP contribution in [0.4, 0.5) is 0 Å². The Labute approximate surface area is 93.9 Å². The standard InChI is InChI=1S/C12H13N3O/c1-13-12(16)11-7-14-15(9-11)8-10-5-3-2-4-6-10/h2-7,9H,8H2,1H3,(H,13,16). The largest absolute Gasteiger partial charge is 0.355 e. The maximum atomic E-state index is 11.3. The summed E-state index contributed by atoms with van der Waals surface area (Å²) in [4.78, 5) is 11.3. The quantitative estimate of drug-likeness (QED) is 0.838. The summed E-state index contributed by atoms with van der Waals surface area (Å²) >= 11 is 0. The van der Waals surface area contributed by atoms with Crippen molar-refractivity contribution in [3.63, 3.8) is 0 Å². The summed E-state index contributed by atoms with van der Waals surface area (Å²) in [7, 11) is 1.61. The molecule has 0 radical (unpaired) electrons. The van der Waals surface area contributed by atoms with E-state index in [-0.39, 0.29) is 5.91 Å². The third-order valence-electron chi connectivity index (χ3n) is 2.31. The van der Waals surface area contributed by atoms with E-state index in [2.05, 4.69) is 10.4 Å². The Morgan fingerprint density at radius 3 is 2.81 bits per heavy atom. The number of carbonyl (C=O) groups excluding carboxylic acids is 1. The Bertz CT molecular complexity index is 476. The summed E-state index contributed by atoms with van der Waals surface area (Å²) in [5, 5.41) is 6.70. The Kier molecular flexibility index (Phi) is 3.00. The van der Waals surface area contributed by atoms with Crippen LogP contribution in [0.3, 0.4) is 0 Å². The van der Waals surface area contributed by atoms with Crippen LogP contribution in [0.15, 0.2) is 42.7 Å². The molecule has 16 heavy (non-hydrogen) atoms. The zero-order valence-electron chi connectivity index (χ0n) is 9.05. The van der Waals surface area contributed by atoms with E-state index in [4.69, 9.17) is 0 Å². The predicted molar refractivity (Wildman–Crippen MR) is 61.2 cm³/mol. The van der Waals surface area contributed by atoms with Gasteiger partial charge in [-0.15, -0.1) is 0 Å². The number of amides is 1. The highest BCUT2D eigenvalue weighted by molar-refractivity contribution is 5.93. The topological polar surface area (TPSA) is 46.9 Å². The number of benzene rings is 1. The lowest BCUT2D eigenvalue weighted by Gasteiger charge is -2.00. The second-order valence-corrected chi connectivity index (χ2v) is 3.49. The van der Waals surface area contributed by atoms with Crippen LogP contribution >= 0.6 is 0 Å². The molecule has 4 nitrogen and oxygen atoms in total. The molecule has 1 N–H and O–H groups in total. The molecule has 0 saturated carbocycles. The summed E-state index contributed by atoms with van der Waals surface area (Å²) < 4.78 is 1.75. The zero-order valence-corrected chi connectivity index (χ0v) is 9.05. The molecule has 0 aliphatic carbocycles. The van der Waals surface area contributed by atoms with Gasteiger partial charge in [-0.2, -0.15) is 5.10 Å². The molecule has 0 unspecified atom stereocenters. The summed E-state index contributed by atoms with van der Waals surface area (Å²) in [5.41, 5.74) is 1.74. The van der Waals surface area contributed by atoms with Crippen LogP contribution in [0.5, 0.6) is 0 Å². The fourth-order valence-electron chi connectivity index (χ4n) is 1.48. The summed E-state index contributed by atoms with van der Waals surface area (Å²) in [6.45, 7) is 0.678. The highest BCUT2D eigenvalue weighted by Gasteiger charge is 2.05. The van der Waals surface area contributed by atoms with E-state index in [1.807, 2.05) is 30.3 Å². The number of nitrogens with zero attached hydrogens (tertiary/aromatic N) is 2. The van der Waals surface area contributed by atoms with Gasteiger partial charge < -0.3 is 5.32 Å². The van der Waals surface area contributed by atoms with Crippen LogP contribution < -0.4 is 5.32 Å². The van der Waals surface area contributed by atoms with Crippen molar-refractivity contribution in [2.45, 2.75) is 6.54 Å². The average molecular weight is 215 g/mol. The van der Waals surface area contributed by atoms with Gasteiger partial charge in [0.05, 0.1) is 18.3 Å².